The van der Waals surface area contributed by atoms with E-state index in [1.54, 1.807) is 4.90 Å². The Labute approximate surface area is 96.9 Å². The van der Waals surface area contributed by atoms with Crippen LogP contribution in [0.4, 0.5) is 0 Å². The predicted molar refractivity (Wildman–Crippen MR) is 62.7 cm³/mol. The third-order valence-corrected chi connectivity index (χ3v) is 4.36. The van der Waals surface area contributed by atoms with E-state index in [0.29, 0.717) is 19.5 Å². The molecule has 16 heavy (non-hydrogen) atoms. The van der Waals surface area contributed by atoms with E-state index in [-0.39, 0.29) is 23.5 Å². The van der Waals surface area contributed by atoms with Gasteiger partial charge in [-0.15, -0.1) is 0 Å². The first-order valence-electron chi connectivity index (χ1n) is 5.64. The Morgan fingerprint density at radius 2 is 1.94 bits per heavy atom. The fourth-order valence-corrected chi connectivity index (χ4v) is 2.90. The Balaban J connectivity index is 2.28. The summed E-state index contributed by atoms with van der Waals surface area (Å²) in [7, 11) is -2.90. The highest BCUT2D eigenvalue weighted by atomic mass is 32.2. The van der Waals surface area contributed by atoms with Gasteiger partial charge in [0.1, 0.15) is 0 Å². The van der Waals surface area contributed by atoms with E-state index < -0.39 is 9.84 Å². The number of carbonyl (C=O) groups excluding carboxylic acids is 1. The van der Waals surface area contributed by atoms with E-state index in [9.17, 15) is 13.2 Å². The normalized spacial score (nSPS) is 21.8. The minimum Gasteiger partial charge on any atom is -0.341 e. The molecule has 0 aromatic carbocycles. The molecule has 0 aliphatic carbocycles. The van der Waals surface area contributed by atoms with Gasteiger partial charge in [-0.25, -0.2) is 8.42 Å². The lowest BCUT2D eigenvalue weighted by Crippen LogP contribution is -2.43. The van der Waals surface area contributed by atoms with Gasteiger partial charge in [-0.3, -0.25) is 4.79 Å². The maximum absolute atomic E-state index is 11.7. The lowest BCUT2D eigenvalue weighted by atomic mass is 10.1. The fourth-order valence-electron chi connectivity index (χ4n) is 1.70. The third-order valence-electron chi connectivity index (χ3n) is 2.75. The number of hydrogen-bond acceptors (Lipinski definition) is 4. The predicted octanol–water partition coefficient (Wildman–Crippen LogP) is -0.239. The maximum Gasteiger partial charge on any atom is 0.222 e. The first-order chi connectivity index (χ1) is 7.41. The molecule has 2 N–H and O–H groups in total. The number of rotatable bonds is 4. The molecule has 1 unspecified atom stereocenters. The first-order valence-corrected chi connectivity index (χ1v) is 7.46. The van der Waals surface area contributed by atoms with Crippen LogP contribution >= 0.6 is 0 Å². The number of carbonyl (C=O) groups is 1. The minimum atomic E-state index is -2.90. The molecule has 94 valence electrons. The minimum absolute atomic E-state index is 0.0514. The van der Waals surface area contributed by atoms with Gasteiger partial charge in [-0.05, 0) is 19.8 Å². The summed E-state index contributed by atoms with van der Waals surface area (Å²) in [6.07, 6.45) is 2.08. The second-order valence-electron chi connectivity index (χ2n) is 4.40. The first kappa shape index (κ1) is 13.4. The molecule has 6 heteroatoms. The van der Waals surface area contributed by atoms with Crippen molar-refractivity contribution in [1.82, 2.24) is 4.90 Å². The Kier molecular flexibility index (Phi) is 4.73. The van der Waals surface area contributed by atoms with Gasteiger partial charge in [0.2, 0.25) is 5.91 Å². The van der Waals surface area contributed by atoms with Crippen molar-refractivity contribution in [3.63, 3.8) is 0 Å². The molecule has 1 aliphatic heterocycles. The second-order valence-corrected chi connectivity index (χ2v) is 6.71. The summed E-state index contributed by atoms with van der Waals surface area (Å²) < 4.78 is 22.3. The zero-order valence-electron chi connectivity index (χ0n) is 9.68. The van der Waals surface area contributed by atoms with Crippen molar-refractivity contribution in [3.05, 3.63) is 0 Å². The van der Waals surface area contributed by atoms with E-state index in [1.807, 2.05) is 6.92 Å². The van der Waals surface area contributed by atoms with Crippen molar-refractivity contribution in [2.45, 2.75) is 32.2 Å². The molecule has 0 radical (unpaired) electrons. The van der Waals surface area contributed by atoms with Crippen molar-refractivity contribution in [2.24, 2.45) is 5.73 Å². The summed E-state index contributed by atoms with van der Waals surface area (Å²) in [5.74, 6) is 0.258. The highest BCUT2D eigenvalue weighted by Gasteiger charge is 2.24. The van der Waals surface area contributed by atoms with Gasteiger partial charge in [-0.1, -0.05) is 0 Å². The standard InChI is InChI=1S/C10H20N2O3S/c1-9(11)3-2-4-10(13)12-5-7-16(14,15)8-6-12/h9H,2-8,11H2,1H3. The molecule has 0 spiro atoms. The smallest absolute Gasteiger partial charge is 0.222 e. The zero-order valence-corrected chi connectivity index (χ0v) is 10.5. The monoisotopic (exact) mass is 248 g/mol. The van der Waals surface area contributed by atoms with Crippen LogP contribution in [-0.2, 0) is 14.6 Å². The van der Waals surface area contributed by atoms with Gasteiger partial charge >= 0.3 is 0 Å². The van der Waals surface area contributed by atoms with Crippen molar-refractivity contribution in [1.29, 1.82) is 0 Å². The molecule has 0 bridgehead atoms. The summed E-state index contributed by atoms with van der Waals surface area (Å²) in [5.41, 5.74) is 5.59. The van der Waals surface area contributed by atoms with Crippen LogP contribution in [0.1, 0.15) is 26.2 Å². The van der Waals surface area contributed by atoms with E-state index in [1.165, 1.54) is 0 Å². The Hall–Kier alpha value is -0.620. The molecule has 0 aromatic rings. The van der Waals surface area contributed by atoms with Gasteiger partial charge < -0.3 is 10.6 Å². The summed E-state index contributed by atoms with van der Waals surface area (Å²) in [6, 6.07) is 0.120. The highest BCUT2D eigenvalue weighted by Crippen LogP contribution is 2.08. The number of hydrogen-bond donors (Lipinski definition) is 1. The molecular weight excluding hydrogens is 228 g/mol. The van der Waals surface area contributed by atoms with Crippen LogP contribution in [0.5, 0.6) is 0 Å². The van der Waals surface area contributed by atoms with Crippen molar-refractivity contribution in [3.8, 4) is 0 Å². The molecule has 0 saturated carbocycles. The van der Waals surface area contributed by atoms with Crippen LogP contribution in [0.2, 0.25) is 0 Å². The summed E-state index contributed by atoms with van der Waals surface area (Å²) in [6.45, 7) is 2.61. The van der Waals surface area contributed by atoms with Crippen LogP contribution in [0, 0.1) is 0 Å². The van der Waals surface area contributed by atoms with Gasteiger partial charge in [0.25, 0.3) is 0 Å². The maximum atomic E-state index is 11.7. The molecule has 5 nitrogen and oxygen atoms in total. The van der Waals surface area contributed by atoms with Crippen LogP contribution in [0.15, 0.2) is 0 Å². The fraction of sp³-hybridized carbons (Fsp3) is 0.900. The molecular formula is C10H20N2O3S. The average molecular weight is 248 g/mol. The number of nitrogens with two attached hydrogens (primary N) is 1. The zero-order chi connectivity index (χ0) is 12.2. The summed E-state index contributed by atoms with van der Waals surface area (Å²) >= 11 is 0. The number of amides is 1. The van der Waals surface area contributed by atoms with Crippen molar-refractivity contribution in [2.75, 3.05) is 24.6 Å². The number of nitrogens with zero attached hydrogens (tertiary/aromatic N) is 1. The van der Waals surface area contributed by atoms with Gasteiger partial charge in [0.15, 0.2) is 9.84 Å². The van der Waals surface area contributed by atoms with E-state index in [2.05, 4.69) is 0 Å². The number of sulfone groups is 1. The second kappa shape index (κ2) is 5.63. The van der Waals surface area contributed by atoms with Gasteiger partial charge in [-0.2, -0.15) is 0 Å². The molecule has 0 aromatic heterocycles. The molecule has 1 atom stereocenters. The quantitative estimate of drug-likeness (QED) is 0.744. The van der Waals surface area contributed by atoms with Crippen LogP contribution < -0.4 is 5.73 Å². The van der Waals surface area contributed by atoms with Crippen molar-refractivity contribution < 1.29 is 13.2 Å². The van der Waals surface area contributed by atoms with E-state index in [4.69, 9.17) is 5.73 Å². The molecule has 1 aliphatic rings. The van der Waals surface area contributed by atoms with E-state index >= 15 is 0 Å². The summed E-state index contributed by atoms with van der Waals surface area (Å²) in [5, 5.41) is 0. The van der Waals surface area contributed by atoms with Crippen molar-refractivity contribution >= 4 is 15.7 Å². The third kappa shape index (κ3) is 4.49. The van der Waals surface area contributed by atoms with Crippen LogP contribution in [-0.4, -0.2) is 49.9 Å². The molecule has 1 rings (SSSR count). The molecule has 1 amide bonds. The van der Waals surface area contributed by atoms with Gasteiger partial charge in [0.05, 0.1) is 11.5 Å². The topological polar surface area (TPSA) is 80.5 Å². The van der Waals surface area contributed by atoms with Gasteiger partial charge in [0, 0.05) is 25.6 Å². The SMILES string of the molecule is CC(N)CCCC(=O)N1CCS(=O)(=O)CC1. The Morgan fingerprint density at radius 3 is 2.44 bits per heavy atom. The lowest BCUT2D eigenvalue weighted by Gasteiger charge is -2.26. The average Bonchev–Trinajstić information content (AvgIpc) is 2.16. The van der Waals surface area contributed by atoms with Crippen LogP contribution in [0.3, 0.4) is 0 Å². The van der Waals surface area contributed by atoms with E-state index in [0.717, 1.165) is 12.8 Å². The Morgan fingerprint density at radius 1 is 1.38 bits per heavy atom. The molecule has 1 fully saturated rings. The lowest BCUT2D eigenvalue weighted by molar-refractivity contribution is -0.131. The molecule has 1 saturated heterocycles. The summed E-state index contributed by atoms with van der Waals surface area (Å²) in [4.78, 5) is 13.3. The largest absolute Gasteiger partial charge is 0.341 e. The van der Waals surface area contributed by atoms with Crippen LogP contribution in [0.25, 0.3) is 0 Å². The Bertz CT molecular complexity index is 324. The highest BCUT2D eigenvalue weighted by molar-refractivity contribution is 7.91. The molecule has 1 heterocycles.